The maximum Gasteiger partial charge on any atom is 0.210 e. The van der Waals surface area contributed by atoms with Crippen molar-refractivity contribution in [1.82, 2.24) is 19.7 Å². The van der Waals surface area contributed by atoms with Crippen molar-refractivity contribution in [1.29, 1.82) is 0 Å². The third kappa shape index (κ3) is 2.54. The number of anilines is 1. The SMILES string of the molecule is Cc1csc(-n2nc(-c3cccc(N)c3)c3c2CCN(C)C3)n1. The molecular formula is C17H19N5S. The van der Waals surface area contributed by atoms with Crippen molar-refractivity contribution in [2.24, 2.45) is 0 Å². The van der Waals surface area contributed by atoms with Crippen molar-refractivity contribution < 1.29 is 0 Å². The third-order valence-electron chi connectivity index (χ3n) is 4.20. The molecule has 0 atom stereocenters. The summed E-state index contributed by atoms with van der Waals surface area (Å²) < 4.78 is 2.03. The second kappa shape index (κ2) is 5.47. The largest absolute Gasteiger partial charge is 0.399 e. The van der Waals surface area contributed by atoms with Crippen molar-refractivity contribution in [3.63, 3.8) is 0 Å². The van der Waals surface area contributed by atoms with Gasteiger partial charge in [-0.2, -0.15) is 5.10 Å². The molecule has 0 saturated heterocycles. The lowest BCUT2D eigenvalue weighted by Gasteiger charge is -2.23. The summed E-state index contributed by atoms with van der Waals surface area (Å²) in [5.41, 5.74) is 12.4. The fraction of sp³-hybridized carbons (Fsp3) is 0.294. The van der Waals surface area contributed by atoms with E-state index in [4.69, 9.17) is 10.8 Å². The van der Waals surface area contributed by atoms with Crippen LogP contribution in [-0.4, -0.2) is 33.3 Å². The van der Waals surface area contributed by atoms with Crippen LogP contribution >= 0.6 is 11.3 Å². The van der Waals surface area contributed by atoms with E-state index >= 15 is 0 Å². The molecule has 23 heavy (non-hydrogen) atoms. The van der Waals surface area contributed by atoms with Gasteiger partial charge in [-0.15, -0.1) is 11.3 Å². The maximum absolute atomic E-state index is 5.97. The second-order valence-corrected chi connectivity index (χ2v) is 6.91. The molecule has 3 heterocycles. The zero-order valence-corrected chi connectivity index (χ0v) is 14.1. The summed E-state index contributed by atoms with van der Waals surface area (Å²) in [5.74, 6) is 0. The smallest absolute Gasteiger partial charge is 0.210 e. The van der Waals surface area contributed by atoms with Crippen LogP contribution in [0.25, 0.3) is 16.4 Å². The number of nitrogens with two attached hydrogens (primary N) is 1. The highest BCUT2D eigenvalue weighted by Gasteiger charge is 2.25. The summed E-state index contributed by atoms with van der Waals surface area (Å²) in [6.45, 7) is 3.96. The van der Waals surface area contributed by atoms with E-state index in [9.17, 15) is 0 Å². The number of aryl methyl sites for hydroxylation is 1. The highest BCUT2D eigenvalue weighted by atomic mass is 32.1. The number of hydrogen-bond acceptors (Lipinski definition) is 5. The first-order chi connectivity index (χ1) is 11.1. The molecule has 118 valence electrons. The Bertz CT molecular complexity index is 864. The van der Waals surface area contributed by atoms with E-state index in [0.29, 0.717) is 0 Å². The molecule has 1 aliphatic heterocycles. The number of nitrogens with zero attached hydrogens (tertiary/aromatic N) is 4. The van der Waals surface area contributed by atoms with E-state index in [1.54, 1.807) is 11.3 Å². The Hall–Kier alpha value is -2.18. The minimum Gasteiger partial charge on any atom is -0.399 e. The molecule has 1 aliphatic rings. The summed E-state index contributed by atoms with van der Waals surface area (Å²) in [6, 6.07) is 7.96. The van der Waals surface area contributed by atoms with Crippen LogP contribution in [0, 0.1) is 6.92 Å². The Morgan fingerprint density at radius 2 is 2.17 bits per heavy atom. The average molecular weight is 325 g/mol. The van der Waals surface area contributed by atoms with E-state index in [-0.39, 0.29) is 0 Å². The molecule has 6 heteroatoms. The number of hydrogen-bond donors (Lipinski definition) is 1. The van der Waals surface area contributed by atoms with Crippen molar-refractivity contribution >= 4 is 17.0 Å². The van der Waals surface area contributed by atoms with Crippen molar-refractivity contribution in [3.8, 4) is 16.4 Å². The molecule has 2 aromatic heterocycles. The molecule has 0 fully saturated rings. The Labute approximate surface area is 139 Å². The Kier molecular flexibility index (Phi) is 3.43. The number of thiazole rings is 1. The number of rotatable bonds is 2. The van der Waals surface area contributed by atoms with E-state index in [0.717, 1.165) is 47.3 Å². The Morgan fingerprint density at radius 3 is 2.91 bits per heavy atom. The van der Waals surface area contributed by atoms with Crippen LogP contribution in [0.2, 0.25) is 0 Å². The molecule has 2 N–H and O–H groups in total. The van der Waals surface area contributed by atoms with Crippen molar-refractivity contribution in [3.05, 3.63) is 46.6 Å². The number of aromatic nitrogens is 3. The number of likely N-dealkylation sites (N-methyl/N-ethyl adjacent to an activating group) is 1. The standard InChI is InChI=1S/C17H19N5S/c1-11-10-23-17(19-11)22-15-6-7-21(2)9-14(15)16(20-22)12-4-3-5-13(18)8-12/h3-5,8,10H,6-7,9,18H2,1-2H3. The zero-order valence-electron chi connectivity index (χ0n) is 13.3. The molecule has 0 saturated carbocycles. The molecule has 1 aromatic carbocycles. The molecular weight excluding hydrogens is 306 g/mol. The molecule has 0 spiro atoms. The van der Waals surface area contributed by atoms with Gasteiger partial charge in [-0.3, -0.25) is 0 Å². The zero-order chi connectivity index (χ0) is 16.0. The van der Waals surface area contributed by atoms with Crippen LogP contribution < -0.4 is 5.73 Å². The summed E-state index contributed by atoms with van der Waals surface area (Å²) in [7, 11) is 2.15. The van der Waals surface area contributed by atoms with Gasteiger partial charge >= 0.3 is 0 Å². The van der Waals surface area contributed by atoms with Crippen LogP contribution in [0.5, 0.6) is 0 Å². The van der Waals surface area contributed by atoms with Gasteiger partial charge in [0.25, 0.3) is 0 Å². The van der Waals surface area contributed by atoms with Gasteiger partial charge in [-0.05, 0) is 26.1 Å². The normalized spacial score (nSPS) is 14.9. The quantitative estimate of drug-likeness (QED) is 0.736. The monoisotopic (exact) mass is 325 g/mol. The summed E-state index contributed by atoms with van der Waals surface area (Å²) in [4.78, 5) is 6.94. The second-order valence-electron chi connectivity index (χ2n) is 6.07. The lowest BCUT2D eigenvalue weighted by Crippen LogP contribution is -2.27. The predicted octanol–water partition coefficient (Wildman–Crippen LogP) is 2.87. The number of nitrogen functional groups attached to an aromatic ring is 1. The highest BCUT2D eigenvalue weighted by molar-refractivity contribution is 7.12. The fourth-order valence-electron chi connectivity index (χ4n) is 3.07. The summed E-state index contributed by atoms with van der Waals surface area (Å²) in [5, 5.41) is 7.91. The topological polar surface area (TPSA) is 60.0 Å². The first kappa shape index (κ1) is 14.4. The lowest BCUT2D eigenvalue weighted by molar-refractivity contribution is 0.310. The van der Waals surface area contributed by atoms with Crippen LogP contribution in [0.4, 0.5) is 5.69 Å². The summed E-state index contributed by atoms with van der Waals surface area (Å²) >= 11 is 1.64. The first-order valence-corrected chi connectivity index (χ1v) is 8.57. The molecule has 0 bridgehead atoms. The van der Waals surface area contributed by atoms with Gasteiger partial charge in [-0.1, -0.05) is 12.1 Å². The van der Waals surface area contributed by atoms with Gasteiger partial charge in [-0.25, -0.2) is 9.67 Å². The third-order valence-corrected chi connectivity index (χ3v) is 5.13. The molecule has 3 aromatic rings. The van der Waals surface area contributed by atoms with Gasteiger partial charge in [0.15, 0.2) is 0 Å². The van der Waals surface area contributed by atoms with Crippen molar-refractivity contribution in [2.75, 3.05) is 19.3 Å². The Morgan fingerprint density at radius 1 is 1.30 bits per heavy atom. The lowest BCUT2D eigenvalue weighted by atomic mass is 10.0. The van der Waals surface area contributed by atoms with E-state index in [1.807, 2.05) is 29.8 Å². The van der Waals surface area contributed by atoms with Gasteiger partial charge in [0.2, 0.25) is 5.13 Å². The van der Waals surface area contributed by atoms with Crippen molar-refractivity contribution in [2.45, 2.75) is 19.9 Å². The highest BCUT2D eigenvalue weighted by Crippen LogP contribution is 2.32. The molecule has 0 unspecified atom stereocenters. The molecule has 4 rings (SSSR count). The number of benzene rings is 1. The molecule has 0 radical (unpaired) electrons. The van der Waals surface area contributed by atoms with Gasteiger partial charge in [0.05, 0.1) is 17.1 Å². The molecule has 0 aliphatic carbocycles. The minimum absolute atomic E-state index is 0.764. The van der Waals surface area contributed by atoms with E-state index in [2.05, 4.69) is 28.4 Å². The van der Waals surface area contributed by atoms with E-state index < -0.39 is 0 Å². The maximum atomic E-state index is 5.97. The van der Waals surface area contributed by atoms with Gasteiger partial charge in [0.1, 0.15) is 0 Å². The van der Waals surface area contributed by atoms with Crippen LogP contribution in [0.1, 0.15) is 17.0 Å². The van der Waals surface area contributed by atoms with Crippen LogP contribution in [0.15, 0.2) is 29.6 Å². The number of fused-ring (bicyclic) bond motifs is 1. The average Bonchev–Trinajstić information content (AvgIpc) is 3.10. The molecule has 0 amide bonds. The van der Waals surface area contributed by atoms with Crippen LogP contribution in [0.3, 0.4) is 0 Å². The predicted molar refractivity (Wildman–Crippen MR) is 93.9 cm³/mol. The summed E-state index contributed by atoms with van der Waals surface area (Å²) in [6.07, 6.45) is 0.986. The van der Waals surface area contributed by atoms with Crippen LogP contribution in [-0.2, 0) is 13.0 Å². The Balaban J connectivity index is 1.91. The molecule has 5 nitrogen and oxygen atoms in total. The van der Waals surface area contributed by atoms with E-state index in [1.165, 1.54) is 11.3 Å². The fourth-order valence-corrected chi connectivity index (χ4v) is 3.85. The van der Waals surface area contributed by atoms with Gasteiger partial charge < -0.3 is 10.6 Å². The first-order valence-electron chi connectivity index (χ1n) is 7.69. The van der Waals surface area contributed by atoms with Gasteiger partial charge in [0, 0.05) is 41.7 Å². The minimum atomic E-state index is 0.764.